The van der Waals surface area contributed by atoms with Crippen molar-refractivity contribution in [1.82, 2.24) is 15.5 Å². The number of nitrogens with one attached hydrogen (secondary N) is 1. The first kappa shape index (κ1) is 14.5. The highest BCUT2D eigenvalue weighted by molar-refractivity contribution is 5.95. The maximum absolute atomic E-state index is 12.3. The van der Waals surface area contributed by atoms with E-state index < -0.39 is 0 Å². The van der Waals surface area contributed by atoms with Gasteiger partial charge in [0.15, 0.2) is 0 Å². The second-order valence-electron chi connectivity index (χ2n) is 5.36. The number of aryl methyl sites for hydroxylation is 1. The zero-order chi connectivity index (χ0) is 15.5. The van der Waals surface area contributed by atoms with Crippen molar-refractivity contribution in [3.05, 3.63) is 47.9 Å². The molecule has 22 heavy (non-hydrogen) atoms. The van der Waals surface area contributed by atoms with Crippen LogP contribution in [-0.2, 0) is 0 Å². The highest BCUT2D eigenvalue weighted by atomic mass is 16.5. The van der Waals surface area contributed by atoms with Gasteiger partial charge < -0.3 is 14.9 Å². The second kappa shape index (κ2) is 6.11. The summed E-state index contributed by atoms with van der Waals surface area (Å²) in [5, 5.41) is 15.9. The van der Waals surface area contributed by atoms with E-state index in [0.29, 0.717) is 17.3 Å². The number of benzene rings is 1. The van der Waals surface area contributed by atoms with Gasteiger partial charge in [-0.1, -0.05) is 29.4 Å². The average molecular weight is 299 g/mol. The fourth-order valence-corrected chi connectivity index (χ4v) is 2.48. The molecule has 2 N–H and O–H groups in total. The summed E-state index contributed by atoms with van der Waals surface area (Å²) in [6, 6.07) is 7.06. The fourth-order valence-electron chi connectivity index (χ4n) is 2.48. The quantitative estimate of drug-likeness (QED) is 0.839. The van der Waals surface area contributed by atoms with Gasteiger partial charge in [0.1, 0.15) is 0 Å². The molecular formula is C16H17N3O3. The zero-order valence-corrected chi connectivity index (χ0v) is 12.2. The predicted octanol–water partition coefficient (Wildman–Crippen LogP) is 1.71. The first-order valence-electron chi connectivity index (χ1n) is 7.16. The van der Waals surface area contributed by atoms with Gasteiger partial charge in [0.05, 0.1) is 0 Å². The Bertz CT molecular complexity index is 708. The molecule has 0 saturated heterocycles. The van der Waals surface area contributed by atoms with Crippen molar-refractivity contribution in [2.75, 3.05) is 6.61 Å². The van der Waals surface area contributed by atoms with E-state index in [1.54, 1.807) is 25.1 Å². The van der Waals surface area contributed by atoms with Crippen LogP contribution < -0.4 is 5.32 Å². The number of aliphatic hydroxyl groups excluding tert-OH is 1. The Morgan fingerprint density at radius 1 is 1.45 bits per heavy atom. The minimum Gasteiger partial charge on any atom is -0.396 e. The molecule has 1 aliphatic rings. The SMILES string of the molecule is Cc1nc(-c2cccc(C(=O)N[C@@H]3C=C[C@H](CO)C3)c2)no1. The van der Waals surface area contributed by atoms with Gasteiger partial charge in [-0.15, -0.1) is 0 Å². The number of rotatable bonds is 4. The molecule has 6 heteroatoms. The molecule has 0 unspecified atom stereocenters. The number of amides is 1. The third-order valence-corrected chi connectivity index (χ3v) is 3.63. The van der Waals surface area contributed by atoms with Crippen molar-refractivity contribution in [3.8, 4) is 11.4 Å². The summed E-state index contributed by atoms with van der Waals surface area (Å²) in [6.07, 6.45) is 4.58. The highest BCUT2D eigenvalue weighted by Gasteiger charge is 2.20. The largest absolute Gasteiger partial charge is 0.396 e. The molecule has 1 aliphatic carbocycles. The fraction of sp³-hybridized carbons (Fsp3) is 0.312. The van der Waals surface area contributed by atoms with E-state index in [-0.39, 0.29) is 24.5 Å². The van der Waals surface area contributed by atoms with Gasteiger partial charge in [0.2, 0.25) is 11.7 Å². The molecule has 0 fully saturated rings. The van der Waals surface area contributed by atoms with E-state index in [9.17, 15) is 4.79 Å². The summed E-state index contributed by atoms with van der Waals surface area (Å²) in [4.78, 5) is 16.5. The molecule has 1 amide bonds. The van der Waals surface area contributed by atoms with E-state index in [4.69, 9.17) is 9.63 Å². The summed E-state index contributed by atoms with van der Waals surface area (Å²) >= 11 is 0. The lowest BCUT2D eigenvalue weighted by atomic mass is 10.1. The van der Waals surface area contributed by atoms with Gasteiger partial charge in [-0.25, -0.2) is 0 Å². The molecule has 0 bridgehead atoms. The summed E-state index contributed by atoms with van der Waals surface area (Å²) in [6.45, 7) is 1.83. The number of carbonyl (C=O) groups is 1. The average Bonchev–Trinajstić information content (AvgIpc) is 3.16. The molecule has 2 aromatic rings. The van der Waals surface area contributed by atoms with Crippen LogP contribution in [0.2, 0.25) is 0 Å². The molecule has 1 heterocycles. The molecular weight excluding hydrogens is 282 g/mol. The van der Waals surface area contributed by atoms with Gasteiger partial charge in [0, 0.05) is 36.6 Å². The Morgan fingerprint density at radius 3 is 3.00 bits per heavy atom. The lowest BCUT2D eigenvalue weighted by Crippen LogP contribution is -2.32. The van der Waals surface area contributed by atoms with Crippen molar-refractivity contribution < 1.29 is 14.4 Å². The smallest absolute Gasteiger partial charge is 0.251 e. The first-order chi connectivity index (χ1) is 10.7. The molecule has 0 spiro atoms. The van der Waals surface area contributed by atoms with Crippen LogP contribution in [0.25, 0.3) is 11.4 Å². The topological polar surface area (TPSA) is 88.2 Å². The molecule has 1 aromatic carbocycles. The normalized spacial score (nSPS) is 20.3. The van der Waals surface area contributed by atoms with Crippen LogP contribution in [0.3, 0.4) is 0 Å². The molecule has 1 aromatic heterocycles. The number of carbonyl (C=O) groups excluding carboxylic acids is 1. The van der Waals surface area contributed by atoms with E-state index >= 15 is 0 Å². The van der Waals surface area contributed by atoms with Crippen molar-refractivity contribution in [2.45, 2.75) is 19.4 Å². The van der Waals surface area contributed by atoms with E-state index in [1.807, 2.05) is 18.2 Å². The van der Waals surface area contributed by atoms with Gasteiger partial charge >= 0.3 is 0 Å². The van der Waals surface area contributed by atoms with Crippen LogP contribution in [0.4, 0.5) is 0 Å². The number of aliphatic hydroxyl groups is 1. The van der Waals surface area contributed by atoms with E-state index in [2.05, 4.69) is 15.5 Å². The van der Waals surface area contributed by atoms with Gasteiger partial charge in [0.25, 0.3) is 5.91 Å². The number of nitrogens with zero attached hydrogens (tertiary/aromatic N) is 2. The molecule has 6 nitrogen and oxygen atoms in total. The van der Waals surface area contributed by atoms with E-state index in [0.717, 1.165) is 12.0 Å². The molecule has 114 valence electrons. The maximum Gasteiger partial charge on any atom is 0.251 e. The standard InChI is InChI=1S/C16H17N3O3/c1-10-17-15(19-22-10)12-3-2-4-13(8-12)16(21)18-14-6-5-11(7-14)9-20/h2-6,8,11,14,20H,7,9H2,1H3,(H,18,21)/t11-,14+/m0/s1. The van der Waals surface area contributed by atoms with Crippen molar-refractivity contribution >= 4 is 5.91 Å². The van der Waals surface area contributed by atoms with Gasteiger partial charge in [-0.05, 0) is 18.6 Å². The summed E-state index contributed by atoms with van der Waals surface area (Å²) in [7, 11) is 0. The number of aromatic nitrogens is 2. The molecule has 3 rings (SSSR count). The summed E-state index contributed by atoms with van der Waals surface area (Å²) < 4.78 is 4.96. The second-order valence-corrected chi connectivity index (χ2v) is 5.36. The first-order valence-corrected chi connectivity index (χ1v) is 7.16. The molecule has 0 saturated carbocycles. The Morgan fingerprint density at radius 2 is 2.32 bits per heavy atom. The van der Waals surface area contributed by atoms with Crippen molar-refractivity contribution in [2.24, 2.45) is 5.92 Å². The Hall–Kier alpha value is -2.47. The van der Waals surface area contributed by atoms with Crippen LogP contribution in [0.5, 0.6) is 0 Å². The van der Waals surface area contributed by atoms with Gasteiger partial charge in [-0.3, -0.25) is 4.79 Å². The Balaban J connectivity index is 1.72. The van der Waals surface area contributed by atoms with Crippen LogP contribution in [0, 0.1) is 12.8 Å². The molecule has 2 atom stereocenters. The maximum atomic E-state index is 12.3. The van der Waals surface area contributed by atoms with Crippen LogP contribution in [0.1, 0.15) is 22.7 Å². The minimum absolute atomic E-state index is 0.0410. The van der Waals surface area contributed by atoms with Crippen LogP contribution in [-0.4, -0.2) is 33.8 Å². The number of hydrogen-bond acceptors (Lipinski definition) is 5. The summed E-state index contributed by atoms with van der Waals surface area (Å²) in [5.74, 6) is 0.915. The van der Waals surface area contributed by atoms with Crippen molar-refractivity contribution in [1.29, 1.82) is 0 Å². The predicted molar refractivity (Wildman–Crippen MR) is 80.1 cm³/mol. The number of hydrogen-bond donors (Lipinski definition) is 2. The van der Waals surface area contributed by atoms with Crippen LogP contribution >= 0.6 is 0 Å². The monoisotopic (exact) mass is 299 g/mol. The molecule has 0 radical (unpaired) electrons. The molecule has 0 aliphatic heterocycles. The van der Waals surface area contributed by atoms with E-state index in [1.165, 1.54) is 0 Å². The third-order valence-electron chi connectivity index (χ3n) is 3.63. The third kappa shape index (κ3) is 3.07. The lowest BCUT2D eigenvalue weighted by molar-refractivity contribution is 0.0941. The van der Waals surface area contributed by atoms with Gasteiger partial charge in [-0.2, -0.15) is 4.98 Å². The Kier molecular flexibility index (Phi) is 4.02. The Labute approximate surface area is 127 Å². The zero-order valence-electron chi connectivity index (χ0n) is 12.2. The highest BCUT2D eigenvalue weighted by Crippen LogP contribution is 2.19. The van der Waals surface area contributed by atoms with Crippen molar-refractivity contribution in [3.63, 3.8) is 0 Å². The summed E-state index contributed by atoms with van der Waals surface area (Å²) in [5.41, 5.74) is 1.28. The lowest BCUT2D eigenvalue weighted by Gasteiger charge is -2.13. The van der Waals surface area contributed by atoms with Crippen LogP contribution in [0.15, 0.2) is 40.9 Å². The minimum atomic E-state index is -0.157.